The number of carbonyl (C=O) groups is 1. The number of methoxy groups -OCH3 is 2. The first-order valence-corrected chi connectivity index (χ1v) is 11.7. The van der Waals surface area contributed by atoms with E-state index in [9.17, 15) is 4.79 Å². The van der Waals surface area contributed by atoms with Crippen LogP contribution in [0, 0.1) is 5.92 Å². The fourth-order valence-corrected chi connectivity index (χ4v) is 5.11. The van der Waals surface area contributed by atoms with Crippen molar-refractivity contribution >= 4 is 16.7 Å². The second-order valence-corrected chi connectivity index (χ2v) is 9.03. The van der Waals surface area contributed by atoms with Crippen LogP contribution >= 0.6 is 0 Å². The van der Waals surface area contributed by atoms with Crippen LogP contribution in [0.4, 0.5) is 0 Å². The van der Waals surface area contributed by atoms with Gasteiger partial charge in [0.15, 0.2) is 0 Å². The summed E-state index contributed by atoms with van der Waals surface area (Å²) in [5.41, 5.74) is 4.17. The molecule has 1 unspecified atom stereocenters. The van der Waals surface area contributed by atoms with Crippen molar-refractivity contribution in [1.82, 2.24) is 4.90 Å². The Hall–Kier alpha value is -3.05. The van der Waals surface area contributed by atoms with Crippen LogP contribution in [0.2, 0.25) is 0 Å². The molecule has 0 radical (unpaired) electrons. The number of fused-ring (bicyclic) bond motifs is 1. The maximum atomic E-state index is 11.1. The Labute approximate surface area is 195 Å². The molecule has 1 fully saturated rings. The third kappa shape index (κ3) is 4.98. The third-order valence-corrected chi connectivity index (χ3v) is 6.65. The molecule has 33 heavy (non-hydrogen) atoms. The van der Waals surface area contributed by atoms with Gasteiger partial charge in [-0.2, -0.15) is 0 Å². The number of carboxylic acids is 1. The summed E-state index contributed by atoms with van der Waals surface area (Å²) >= 11 is 0. The molecule has 4 rings (SSSR count). The number of piperidine rings is 1. The quantitative estimate of drug-likeness (QED) is 0.475. The Morgan fingerprint density at radius 3 is 2.55 bits per heavy atom. The van der Waals surface area contributed by atoms with Crippen LogP contribution in [0.15, 0.2) is 48.5 Å². The van der Waals surface area contributed by atoms with Gasteiger partial charge in [0, 0.05) is 25.1 Å². The number of ether oxygens (including phenoxy) is 2. The van der Waals surface area contributed by atoms with Crippen LogP contribution in [-0.2, 0) is 17.8 Å². The van der Waals surface area contributed by atoms with Crippen molar-refractivity contribution in [3.63, 3.8) is 0 Å². The summed E-state index contributed by atoms with van der Waals surface area (Å²) in [5.74, 6) is 1.54. The van der Waals surface area contributed by atoms with Gasteiger partial charge in [0.25, 0.3) is 0 Å². The molecule has 0 spiro atoms. The lowest BCUT2D eigenvalue weighted by Gasteiger charge is -2.31. The lowest BCUT2D eigenvalue weighted by Crippen LogP contribution is -2.33. The number of aryl methyl sites for hydroxylation is 1. The molecule has 1 saturated heterocycles. The molecule has 0 saturated carbocycles. The molecule has 0 bridgehead atoms. The fourth-order valence-electron chi connectivity index (χ4n) is 5.11. The van der Waals surface area contributed by atoms with E-state index in [0.717, 1.165) is 64.2 Å². The van der Waals surface area contributed by atoms with Gasteiger partial charge in [-0.25, -0.2) is 0 Å². The lowest BCUT2D eigenvalue weighted by atomic mass is 9.92. The number of hydrogen-bond acceptors (Lipinski definition) is 4. The van der Waals surface area contributed by atoms with Crippen molar-refractivity contribution in [2.75, 3.05) is 27.3 Å². The molecule has 5 heteroatoms. The SMILES string of the molecule is COc1ccc(CN2CCCC(C)C2)c(OC)c1-c1cccc2c(CCC(=O)O)cccc12. The first-order valence-electron chi connectivity index (χ1n) is 11.7. The van der Waals surface area contributed by atoms with Crippen molar-refractivity contribution in [3.8, 4) is 22.6 Å². The fraction of sp³-hybridized carbons (Fsp3) is 0.393. The molecule has 3 aromatic carbocycles. The van der Waals surface area contributed by atoms with Crippen molar-refractivity contribution in [2.45, 2.75) is 39.2 Å². The van der Waals surface area contributed by atoms with Gasteiger partial charge in [-0.05, 0) is 59.7 Å². The standard InChI is InChI=1S/C28H33NO4/c1-19-7-6-16-29(17-19)18-21-12-14-25(32-2)27(28(21)33-3)24-11-5-9-22-20(13-15-26(30)31)8-4-10-23(22)24/h4-5,8-12,14,19H,6-7,13,15-18H2,1-3H3,(H,30,31). The van der Waals surface area contributed by atoms with Gasteiger partial charge in [0.1, 0.15) is 11.5 Å². The molecule has 1 atom stereocenters. The highest BCUT2D eigenvalue weighted by atomic mass is 16.5. The molecule has 0 amide bonds. The predicted octanol–water partition coefficient (Wildman–Crippen LogP) is 5.77. The van der Waals surface area contributed by atoms with E-state index in [1.165, 1.54) is 12.8 Å². The van der Waals surface area contributed by atoms with Crippen LogP contribution in [0.3, 0.4) is 0 Å². The number of aliphatic carboxylic acids is 1. The Morgan fingerprint density at radius 2 is 1.82 bits per heavy atom. The van der Waals surface area contributed by atoms with E-state index in [1.807, 2.05) is 24.3 Å². The summed E-state index contributed by atoms with van der Waals surface area (Å²) in [6.45, 7) is 5.38. The molecule has 1 N–H and O–H groups in total. The number of nitrogens with zero attached hydrogens (tertiary/aromatic N) is 1. The average molecular weight is 448 g/mol. The molecule has 174 valence electrons. The minimum Gasteiger partial charge on any atom is -0.496 e. The van der Waals surface area contributed by atoms with E-state index in [0.29, 0.717) is 12.3 Å². The van der Waals surface area contributed by atoms with E-state index in [1.54, 1.807) is 14.2 Å². The molecule has 0 aromatic heterocycles. The zero-order valence-electron chi connectivity index (χ0n) is 19.8. The van der Waals surface area contributed by atoms with Gasteiger partial charge in [-0.3, -0.25) is 9.69 Å². The van der Waals surface area contributed by atoms with Crippen LogP contribution in [0.1, 0.15) is 37.3 Å². The van der Waals surface area contributed by atoms with Crippen molar-refractivity contribution in [2.24, 2.45) is 5.92 Å². The van der Waals surface area contributed by atoms with E-state index in [-0.39, 0.29) is 6.42 Å². The summed E-state index contributed by atoms with van der Waals surface area (Å²) in [7, 11) is 3.41. The number of likely N-dealkylation sites (tertiary alicyclic amines) is 1. The Balaban J connectivity index is 1.82. The first kappa shape index (κ1) is 23.1. The Kier molecular flexibility index (Phi) is 7.19. The monoisotopic (exact) mass is 447 g/mol. The second-order valence-electron chi connectivity index (χ2n) is 9.03. The van der Waals surface area contributed by atoms with E-state index in [4.69, 9.17) is 14.6 Å². The van der Waals surface area contributed by atoms with Crippen LogP contribution < -0.4 is 9.47 Å². The van der Waals surface area contributed by atoms with E-state index >= 15 is 0 Å². The summed E-state index contributed by atoms with van der Waals surface area (Å²) in [5, 5.41) is 11.3. The van der Waals surface area contributed by atoms with Gasteiger partial charge in [-0.1, -0.05) is 49.4 Å². The summed E-state index contributed by atoms with van der Waals surface area (Å²) in [6.07, 6.45) is 3.13. The van der Waals surface area contributed by atoms with Crippen LogP contribution in [-0.4, -0.2) is 43.3 Å². The number of benzene rings is 3. The van der Waals surface area contributed by atoms with Crippen LogP contribution in [0.25, 0.3) is 21.9 Å². The summed E-state index contributed by atoms with van der Waals surface area (Å²) in [4.78, 5) is 13.7. The first-order chi connectivity index (χ1) is 16.0. The normalized spacial score (nSPS) is 16.6. The third-order valence-electron chi connectivity index (χ3n) is 6.65. The number of carboxylic acid groups (broad SMARTS) is 1. The molecular formula is C28H33NO4. The molecule has 1 aliphatic rings. The molecule has 0 aliphatic carbocycles. The highest BCUT2D eigenvalue weighted by Crippen LogP contribution is 2.44. The summed E-state index contributed by atoms with van der Waals surface area (Å²) in [6, 6.07) is 16.4. The Bertz CT molecular complexity index is 1140. The minimum absolute atomic E-state index is 0.111. The maximum absolute atomic E-state index is 11.1. The van der Waals surface area contributed by atoms with Gasteiger partial charge < -0.3 is 14.6 Å². The zero-order chi connectivity index (χ0) is 23.4. The Morgan fingerprint density at radius 1 is 1.03 bits per heavy atom. The predicted molar refractivity (Wildman–Crippen MR) is 132 cm³/mol. The van der Waals surface area contributed by atoms with Gasteiger partial charge in [0.2, 0.25) is 0 Å². The summed E-state index contributed by atoms with van der Waals surface area (Å²) < 4.78 is 11.8. The average Bonchev–Trinajstić information content (AvgIpc) is 2.82. The molecule has 1 aliphatic heterocycles. The topological polar surface area (TPSA) is 59.0 Å². The number of rotatable bonds is 8. The van der Waals surface area contributed by atoms with E-state index < -0.39 is 5.97 Å². The van der Waals surface area contributed by atoms with E-state index in [2.05, 4.69) is 36.1 Å². The van der Waals surface area contributed by atoms with Gasteiger partial charge in [-0.15, -0.1) is 0 Å². The molecule has 1 heterocycles. The van der Waals surface area contributed by atoms with Crippen molar-refractivity contribution in [1.29, 1.82) is 0 Å². The number of hydrogen-bond donors (Lipinski definition) is 1. The highest BCUT2D eigenvalue weighted by Gasteiger charge is 2.22. The zero-order valence-corrected chi connectivity index (χ0v) is 19.8. The smallest absolute Gasteiger partial charge is 0.303 e. The molecule has 3 aromatic rings. The van der Waals surface area contributed by atoms with Gasteiger partial charge in [0.05, 0.1) is 19.8 Å². The maximum Gasteiger partial charge on any atom is 0.303 e. The lowest BCUT2D eigenvalue weighted by molar-refractivity contribution is -0.136. The minimum atomic E-state index is -0.786. The second kappa shape index (κ2) is 10.3. The van der Waals surface area contributed by atoms with Crippen molar-refractivity contribution in [3.05, 3.63) is 59.7 Å². The largest absolute Gasteiger partial charge is 0.496 e. The van der Waals surface area contributed by atoms with Crippen molar-refractivity contribution < 1.29 is 19.4 Å². The van der Waals surface area contributed by atoms with Gasteiger partial charge >= 0.3 is 5.97 Å². The van der Waals surface area contributed by atoms with Crippen LogP contribution in [0.5, 0.6) is 11.5 Å². The highest BCUT2D eigenvalue weighted by molar-refractivity contribution is 6.01. The molecule has 5 nitrogen and oxygen atoms in total. The molecular weight excluding hydrogens is 414 g/mol.